The Labute approximate surface area is 175 Å². The third kappa shape index (κ3) is 4.03. The zero-order valence-corrected chi connectivity index (χ0v) is 17.6. The molecule has 0 aliphatic carbocycles. The molecule has 1 N–H and O–H groups in total. The van der Waals surface area contributed by atoms with E-state index >= 15 is 0 Å². The summed E-state index contributed by atoms with van der Waals surface area (Å²) in [5, 5.41) is 2.79. The molecule has 1 saturated heterocycles. The SMILES string of the molecule is CCOc1ccc(NC(=O)c2ccc3nccn3c2)cc1S(=O)(=O)N1CCCCC1. The first-order chi connectivity index (χ1) is 14.5. The first-order valence-corrected chi connectivity index (χ1v) is 11.4. The zero-order valence-electron chi connectivity index (χ0n) is 16.7. The molecule has 4 rings (SSSR count). The Kier molecular flexibility index (Phi) is 5.74. The lowest BCUT2D eigenvalue weighted by molar-refractivity contribution is 0.102. The minimum atomic E-state index is -3.71. The van der Waals surface area contributed by atoms with Crippen LogP contribution in [-0.4, -0.2) is 47.7 Å². The number of aromatic nitrogens is 2. The van der Waals surface area contributed by atoms with E-state index in [1.54, 1.807) is 54.2 Å². The monoisotopic (exact) mass is 428 g/mol. The standard InChI is InChI=1S/C21H24N4O4S/c1-2-29-18-8-7-17(14-19(18)30(27,28)25-11-4-3-5-12-25)23-21(26)16-6-9-20-22-10-13-24(20)15-16/h6-10,13-15H,2-5,11-12H2,1H3,(H,23,26). The predicted molar refractivity (Wildman–Crippen MR) is 113 cm³/mol. The Morgan fingerprint density at radius 2 is 1.97 bits per heavy atom. The number of anilines is 1. The van der Waals surface area contributed by atoms with Gasteiger partial charge in [0.1, 0.15) is 16.3 Å². The smallest absolute Gasteiger partial charge is 0.257 e. The number of pyridine rings is 1. The van der Waals surface area contributed by atoms with Crippen molar-refractivity contribution in [1.82, 2.24) is 13.7 Å². The van der Waals surface area contributed by atoms with Gasteiger partial charge >= 0.3 is 0 Å². The number of carbonyl (C=O) groups excluding carboxylic acids is 1. The number of carbonyl (C=O) groups is 1. The fourth-order valence-electron chi connectivity index (χ4n) is 3.56. The maximum atomic E-state index is 13.2. The summed E-state index contributed by atoms with van der Waals surface area (Å²) in [7, 11) is -3.71. The molecule has 0 spiro atoms. The third-order valence-electron chi connectivity index (χ3n) is 5.09. The highest BCUT2D eigenvalue weighted by atomic mass is 32.2. The third-order valence-corrected chi connectivity index (χ3v) is 7.01. The van der Waals surface area contributed by atoms with Gasteiger partial charge in [-0.05, 0) is 50.1 Å². The minimum Gasteiger partial charge on any atom is -0.492 e. The van der Waals surface area contributed by atoms with Crippen LogP contribution in [0.15, 0.2) is 53.8 Å². The van der Waals surface area contributed by atoms with Gasteiger partial charge in [-0.1, -0.05) is 6.42 Å². The number of nitrogens with zero attached hydrogens (tertiary/aromatic N) is 3. The number of benzene rings is 1. The van der Waals surface area contributed by atoms with Crippen LogP contribution >= 0.6 is 0 Å². The number of amides is 1. The van der Waals surface area contributed by atoms with Gasteiger partial charge in [0.05, 0.1) is 12.2 Å². The number of fused-ring (bicyclic) bond motifs is 1. The summed E-state index contributed by atoms with van der Waals surface area (Å²) in [6.07, 6.45) is 7.81. The maximum absolute atomic E-state index is 13.2. The van der Waals surface area contributed by atoms with Crippen LogP contribution < -0.4 is 10.1 Å². The van der Waals surface area contributed by atoms with Crippen molar-refractivity contribution in [3.63, 3.8) is 0 Å². The topological polar surface area (TPSA) is 93.0 Å². The maximum Gasteiger partial charge on any atom is 0.257 e. The summed E-state index contributed by atoms with van der Waals surface area (Å²) in [5.74, 6) is -0.0445. The lowest BCUT2D eigenvalue weighted by Gasteiger charge is -2.27. The van der Waals surface area contributed by atoms with E-state index in [2.05, 4.69) is 10.3 Å². The Morgan fingerprint density at radius 3 is 2.73 bits per heavy atom. The molecule has 9 heteroatoms. The van der Waals surface area contributed by atoms with Gasteiger partial charge in [0.15, 0.2) is 0 Å². The molecule has 0 atom stereocenters. The number of sulfonamides is 1. The highest BCUT2D eigenvalue weighted by molar-refractivity contribution is 7.89. The van der Waals surface area contributed by atoms with Crippen molar-refractivity contribution in [2.45, 2.75) is 31.1 Å². The predicted octanol–water partition coefficient (Wildman–Crippen LogP) is 3.16. The molecule has 1 amide bonds. The molecule has 0 unspecified atom stereocenters. The van der Waals surface area contributed by atoms with E-state index in [4.69, 9.17) is 4.74 Å². The second-order valence-corrected chi connectivity index (χ2v) is 9.03. The molecular weight excluding hydrogens is 404 g/mol. The summed E-state index contributed by atoms with van der Waals surface area (Å²) in [6, 6.07) is 8.14. The molecule has 1 aliphatic heterocycles. The molecule has 30 heavy (non-hydrogen) atoms. The summed E-state index contributed by atoms with van der Waals surface area (Å²) >= 11 is 0. The van der Waals surface area contributed by atoms with Crippen molar-refractivity contribution in [3.05, 3.63) is 54.5 Å². The number of piperidine rings is 1. The molecule has 1 fully saturated rings. The van der Waals surface area contributed by atoms with Crippen LogP contribution in [0.1, 0.15) is 36.5 Å². The molecule has 0 bridgehead atoms. The summed E-state index contributed by atoms with van der Waals surface area (Å²) < 4.78 is 35.3. The first kappa shape index (κ1) is 20.4. The zero-order chi connectivity index (χ0) is 21.1. The molecule has 1 aromatic carbocycles. The summed E-state index contributed by atoms with van der Waals surface area (Å²) in [5.41, 5.74) is 1.57. The Hall–Kier alpha value is -2.91. The second kappa shape index (κ2) is 8.45. The van der Waals surface area contributed by atoms with Crippen molar-refractivity contribution in [2.75, 3.05) is 25.0 Å². The number of rotatable bonds is 6. The first-order valence-electron chi connectivity index (χ1n) is 10.00. The largest absolute Gasteiger partial charge is 0.492 e. The van der Waals surface area contributed by atoms with Crippen LogP contribution in [0.4, 0.5) is 5.69 Å². The van der Waals surface area contributed by atoms with Gasteiger partial charge in [0, 0.05) is 37.4 Å². The van der Waals surface area contributed by atoms with Crippen molar-refractivity contribution in [1.29, 1.82) is 0 Å². The molecule has 3 heterocycles. The van der Waals surface area contributed by atoms with Crippen LogP contribution in [0.3, 0.4) is 0 Å². The molecule has 0 radical (unpaired) electrons. The number of imidazole rings is 1. The average molecular weight is 429 g/mol. The number of ether oxygens (including phenoxy) is 1. The van der Waals surface area contributed by atoms with Crippen molar-refractivity contribution in [3.8, 4) is 5.75 Å². The van der Waals surface area contributed by atoms with Crippen LogP contribution in [-0.2, 0) is 10.0 Å². The number of nitrogens with one attached hydrogen (secondary N) is 1. The molecule has 1 aliphatic rings. The van der Waals surface area contributed by atoms with Gasteiger partial charge in [-0.2, -0.15) is 4.31 Å². The normalized spacial score (nSPS) is 15.2. The number of hydrogen-bond donors (Lipinski definition) is 1. The molecule has 3 aromatic rings. The van der Waals surface area contributed by atoms with Crippen molar-refractivity contribution >= 4 is 27.3 Å². The molecule has 8 nitrogen and oxygen atoms in total. The van der Waals surface area contributed by atoms with Crippen LogP contribution in [0.5, 0.6) is 5.75 Å². The fourth-order valence-corrected chi connectivity index (χ4v) is 5.24. The quantitative estimate of drug-likeness (QED) is 0.651. The highest BCUT2D eigenvalue weighted by Crippen LogP contribution is 2.31. The van der Waals surface area contributed by atoms with Gasteiger partial charge in [0.2, 0.25) is 10.0 Å². The summed E-state index contributed by atoms with van der Waals surface area (Å²) in [6.45, 7) is 3.14. The molecule has 0 saturated carbocycles. The lowest BCUT2D eigenvalue weighted by atomic mass is 10.2. The van der Waals surface area contributed by atoms with Crippen LogP contribution in [0.2, 0.25) is 0 Å². The highest BCUT2D eigenvalue weighted by Gasteiger charge is 2.29. The minimum absolute atomic E-state index is 0.0779. The average Bonchev–Trinajstić information content (AvgIpc) is 3.23. The summed E-state index contributed by atoms with van der Waals surface area (Å²) in [4.78, 5) is 17.0. The van der Waals surface area contributed by atoms with Gasteiger partial charge in [0.25, 0.3) is 5.91 Å². The van der Waals surface area contributed by atoms with E-state index in [9.17, 15) is 13.2 Å². The van der Waals surface area contributed by atoms with Gasteiger partial charge in [-0.3, -0.25) is 4.79 Å². The van der Waals surface area contributed by atoms with E-state index in [1.807, 2.05) is 0 Å². The van der Waals surface area contributed by atoms with Crippen LogP contribution in [0, 0.1) is 0 Å². The van der Waals surface area contributed by atoms with Crippen molar-refractivity contribution < 1.29 is 17.9 Å². The van der Waals surface area contributed by atoms with E-state index in [0.29, 0.717) is 36.7 Å². The van der Waals surface area contributed by atoms with E-state index in [1.165, 1.54) is 10.4 Å². The van der Waals surface area contributed by atoms with E-state index < -0.39 is 10.0 Å². The van der Waals surface area contributed by atoms with Gasteiger partial charge < -0.3 is 14.5 Å². The lowest BCUT2D eigenvalue weighted by Crippen LogP contribution is -2.35. The Balaban J connectivity index is 1.63. The van der Waals surface area contributed by atoms with Crippen LogP contribution in [0.25, 0.3) is 5.65 Å². The Morgan fingerprint density at radius 1 is 1.17 bits per heavy atom. The van der Waals surface area contributed by atoms with Crippen molar-refractivity contribution in [2.24, 2.45) is 0 Å². The van der Waals surface area contributed by atoms with Gasteiger partial charge in [-0.15, -0.1) is 0 Å². The van der Waals surface area contributed by atoms with E-state index in [0.717, 1.165) is 24.9 Å². The molecule has 158 valence electrons. The Bertz CT molecular complexity index is 1170. The second-order valence-electron chi connectivity index (χ2n) is 7.12. The number of hydrogen-bond acceptors (Lipinski definition) is 5. The molecular formula is C21H24N4O4S. The van der Waals surface area contributed by atoms with E-state index in [-0.39, 0.29) is 10.8 Å². The van der Waals surface area contributed by atoms with Gasteiger partial charge in [-0.25, -0.2) is 13.4 Å². The fraction of sp³-hybridized carbons (Fsp3) is 0.333. The molecule has 2 aromatic heterocycles.